The molecule has 0 aliphatic heterocycles. The van der Waals surface area contributed by atoms with E-state index in [0.717, 1.165) is 16.5 Å². The van der Waals surface area contributed by atoms with E-state index in [9.17, 15) is 9.70 Å². The van der Waals surface area contributed by atoms with E-state index in [2.05, 4.69) is 15.1 Å². The van der Waals surface area contributed by atoms with E-state index in [0.29, 0.717) is 13.0 Å². The number of nitroso groups, excluding NO2 is 1. The molecule has 0 amide bonds. The van der Waals surface area contributed by atoms with Gasteiger partial charge in [-0.05, 0) is 35.4 Å². The van der Waals surface area contributed by atoms with Gasteiger partial charge in [-0.15, -0.1) is 4.91 Å². The van der Waals surface area contributed by atoms with Crippen LogP contribution >= 0.6 is 12.2 Å². The molecule has 0 saturated heterocycles. The Labute approximate surface area is 129 Å². The molecule has 0 aliphatic carbocycles. The normalized spacial score (nSPS) is 10.9. The molecular weight excluding hydrogens is 302 g/mol. The summed E-state index contributed by atoms with van der Waals surface area (Å²) in [5.41, 5.74) is 6.96. The average molecular weight is 315 g/mol. The molecule has 3 rings (SSSR count). The van der Waals surface area contributed by atoms with Gasteiger partial charge in [0.1, 0.15) is 5.82 Å². The number of hydrogen-bond donors (Lipinski definition) is 3. The predicted molar refractivity (Wildman–Crippen MR) is 87.8 cm³/mol. The smallest absolute Gasteiger partial charge is 0.283 e. The van der Waals surface area contributed by atoms with Gasteiger partial charge in [-0.1, -0.05) is 18.2 Å². The summed E-state index contributed by atoms with van der Waals surface area (Å²) in [6.07, 6.45) is 2.57. The molecule has 22 heavy (non-hydrogen) atoms. The predicted octanol–water partition coefficient (Wildman–Crippen LogP) is 2.61. The molecule has 1 aromatic carbocycles. The van der Waals surface area contributed by atoms with Crippen molar-refractivity contribution in [3.63, 3.8) is 0 Å². The van der Waals surface area contributed by atoms with Gasteiger partial charge in [-0.2, -0.15) is 0 Å². The minimum Gasteiger partial charge on any atom is -0.383 e. The lowest BCUT2D eigenvalue weighted by Gasteiger charge is -2.10. The molecule has 0 bridgehead atoms. The number of aromatic amines is 2. The van der Waals surface area contributed by atoms with Crippen LogP contribution in [0.25, 0.3) is 10.9 Å². The van der Waals surface area contributed by atoms with Crippen molar-refractivity contribution in [1.29, 1.82) is 0 Å². The fraction of sp³-hybridized carbons (Fsp3) is 0.143. The summed E-state index contributed by atoms with van der Waals surface area (Å²) >= 11 is 5.10. The van der Waals surface area contributed by atoms with Crippen LogP contribution in [0.15, 0.2) is 40.4 Å². The number of nitrogens with zero attached hydrogens (tertiary/aromatic N) is 2. The molecule has 8 heteroatoms. The van der Waals surface area contributed by atoms with Crippen molar-refractivity contribution in [2.24, 2.45) is 5.18 Å². The summed E-state index contributed by atoms with van der Waals surface area (Å²) in [4.78, 5) is 27.9. The first-order chi connectivity index (χ1) is 10.6. The lowest BCUT2D eigenvalue weighted by atomic mass is 10.1. The first-order valence-corrected chi connectivity index (χ1v) is 7.03. The van der Waals surface area contributed by atoms with Crippen molar-refractivity contribution in [2.75, 3.05) is 5.73 Å². The second kappa shape index (κ2) is 5.57. The highest BCUT2D eigenvalue weighted by molar-refractivity contribution is 7.71. The van der Waals surface area contributed by atoms with E-state index < -0.39 is 5.56 Å². The summed E-state index contributed by atoms with van der Waals surface area (Å²) in [6.45, 7) is 0.436. The molecule has 2 heterocycles. The molecule has 0 saturated carbocycles. The Morgan fingerprint density at radius 3 is 2.86 bits per heavy atom. The first kappa shape index (κ1) is 14.2. The van der Waals surface area contributed by atoms with Crippen molar-refractivity contribution in [2.45, 2.75) is 13.0 Å². The third-order valence-electron chi connectivity index (χ3n) is 3.59. The Hall–Kier alpha value is -2.74. The summed E-state index contributed by atoms with van der Waals surface area (Å²) in [6, 6.07) is 7.94. The van der Waals surface area contributed by atoms with Gasteiger partial charge in [0.25, 0.3) is 5.56 Å². The van der Waals surface area contributed by atoms with Gasteiger partial charge >= 0.3 is 0 Å². The Morgan fingerprint density at radius 2 is 2.09 bits per heavy atom. The van der Waals surface area contributed by atoms with Crippen LogP contribution in [-0.4, -0.2) is 14.5 Å². The minimum atomic E-state index is -0.666. The Balaban J connectivity index is 1.96. The molecule has 0 fully saturated rings. The van der Waals surface area contributed by atoms with E-state index in [-0.39, 0.29) is 16.3 Å². The van der Waals surface area contributed by atoms with Crippen LogP contribution in [-0.2, 0) is 13.0 Å². The highest BCUT2D eigenvalue weighted by atomic mass is 32.1. The molecule has 3 aromatic rings. The second-order valence-corrected chi connectivity index (χ2v) is 5.23. The summed E-state index contributed by atoms with van der Waals surface area (Å²) in [7, 11) is 0. The molecule has 0 atom stereocenters. The van der Waals surface area contributed by atoms with Crippen LogP contribution in [0.4, 0.5) is 11.5 Å². The van der Waals surface area contributed by atoms with Crippen molar-refractivity contribution in [1.82, 2.24) is 14.5 Å². The Morgan fingerprint density at radius 1 is 1.32 bits per heavy atom. The molecule has 0 spiro atoms. The zero-order valence-electron chi connectivity index (χ0n) is 11.5. The molecule has 0 unspecified atom stereocenters. The van der Waals surface area contributed by atoms with Crippen molar-refractivity contribution >= 4 is 34.6 Å². The van der Waals surface area contributed by atoms with Crippen molar-refractivity contribution in [3.8, 4) is 0 Å². The number of anilines is 1. The molecule has 112 valence electrons. The lowest BCUT2D eigenvalue weighted by molar-refractivity contribution is 0.675. The number of aryl methyl sites for hydroxylation is 1. The van der Waals surface area contributed by atoms with Gasteiger partial charge in [0, 0.05) is 23.6 Å². The monoisotopic (exact) mass is 315 g/mol. The summed E-state index contributed by atoms with van der Waals surface area (Å²) in [5, 5.41) is 3.79. The topological polar surface area (TPSA) is 109 Å². The van der Waals surface area contributed by atoms with Gasteiger partial charge in [0.2, 0.25) is 5.69 Å². The van der Waals surface area contributed by atoms with Gasteiger partial charge in [-0.3, -0.25) is 9.78 Å². The Bertz CT molecular complexity index is 969. The number of benzene rings is 1. The third-order valence-corrected chi connectivity index (χ3v) is 3.91. The zero-order chi connectivity index (χ0) is 15.7. The van der Waals surface area contributed by atoms with E-state index in [1.54, 1.807) is 0 Å². The van der Waals surface area contributed by atoms with Gasteiger partial charge in [0.15, 0.2) is 4.77 Å². The van der Waals surface area contributed by atoms with Crippen LogP contribution in [0, 0.1) is 9.68 Å². The number of nitrogens with one attached hydrogen (secondary N) is 2. The van der Waals surface area contributed by atoms with Crippen LogP contribution < -0.4 is 11.3 Å². The highest BCUT2D eigenvalue weighted by Gasteiger charge is 2.12. The van der Waals surface area contributed by atoms with Gasteiger partial charge in [-0.25, -0.2) is 0 Å². The maximum atomic E-state index is 11.5. The number of aromatic nitrogens is 3. The van der Waals surface area contributed by atoms with E-state index in [4.69, 9.17) is 18.0 Å². The minimum absolute atomic E-state index is 0.0106. The molecular formula is C14H13N5O2S. The van der Waals surface area contributed by atoms with E-state index >= 15 is 0 Å². The molecule has 0 radical (unpaired) electrons. The number of fused-ring (bicyclic) bond motifs is 1. The SMILES string of the molecule is Nc1c(N=O)c(=O)[nH]c(=S)n1CCc1c[nH]c2ccccc12. The number of nitrogens with two attached hydrogens (primary N) is 1. The Kier molecular flexibility index (Phi) is 3.60. The fourth-order valence-corrected chi connectivity index (χ4v) is 2.74. The first-order valence-electron chi connectivity index (χ1n) is 6.62. The number of hydrogen-bond acceptors (Lipinski definition) is 5. The molecule has 2 aromatic heterocycles. The molecule has 7 nitrogen and oxygen atoms in total. The third kappa shape index (κ3) is 2.33. The van der Waals surface area contributed by atoms with E-state index in [1.807, 2.05) is 30.5 Å². The van der Waals surface area contributed by atoms with Crippen LogP contribution in [0.3, 0.4) is 0 Å². The average Bonchev–Trinajstić information content (AvgIpc) is 2.90. The fourth-order valence-electron chi connectivity index (χ4n) is 2.46. The largest absolute Gasteiger partial charge is 0.383 e. The van der Waals surface area contributed by atoms with Crippen molar-refractivity contribution < 1.29 is 0 Å². The maximum absolute atomic E-state index is 11.5. The standard InChI is InChI=1S/C14H13N5O2S/c15-12-11(18-21)13(20)17-14(22)19(12)6-5-8-7-16-10-4-2-1-3-9(8)10/h1-4,7,16H,5-6,15H2,(H,17,20,22). The van der Waals surface area contributed by atoms with Crippen LogP contribution in [0.1, 0.15) is 5.56 Å². The van der Waals surface area contributed by atoms with Gasteiger partial charge < -0.3 is 15.3 Å². The number of nitrogen functional groups attached to an aromatic ring is 1. The van der Waals surface area contributed by atoms with Gasteiger partial charge in [0.05, 0.1) is 0 Å². The van der Waals surface area contributed by atoms with Crippen LogP contribution in [0.5, 0.6) is 0 Å². The highest BCUT2D eigenvalue weighted by Crippen LogP contribution is 2.20. The number of para-hydroxylation sites is 1. The lowest BCUT2D eigenvalue weighted by Crippen LogP contribution is -2.18. The maximum Gasteiger partial charge on any atom is 0.283 e. The van der Waals surface area contributed by atoms with E-state index in [1.165, 1.54) is 4.57 Å². The molecule has 4 N–H and O–H groups in total. The second-order valence-electron chi connectivity index (χ2n) is 4.85. The quantitative estimate of drug-likeness (QED) is 0.508. The molecule has 0 aliphatic rings. The van der Waals surface area contributed by atoms with Crippen LogP contribution in [0.2, 0.25) is 0 Å². The number of rotatable bonds is 4. The zero-order valence-corrected chi connectivity index (χ0v) is 12.3. The van der Waals surface area contributed by atoms with Crippen molar-refractivity contribution in [3.05, 3.63) is 56.1 Å². The summed E-state index contributed by atoms with van der Waals surface area (Å²) in [5.74, 6) is -0.0106. The number of H-pyrrole nitrogens is 2. The summed E-state index contributed by atoms with van der Waals surface area (Å²) < 4.78 is 1.68.